The SMILES string of the molecule is CCCCCC1CCC(C2CCC3CC(c4ccc(CCCC)c(F)c4)CCC3C2)CC1. The quantitative estimate of drug-likeness (QED) is 0.335. The number of rotatable bonds is 9. The van der Waals surface area contributed by atoms with E-state index >= 15 is 0 Å². The molecule has 4 rings (SSSR count). The van der Waals surface area contributed by atoms with E-state index in [9.17, 15) is 4.39 Å². The monoisotopic (exact) mass is 440 g/mol. The molecule has 3 aliphatic rings. The molecule has 0 amide bonds. The smallest absolute Gasteiger partial charge is 0.126 e. The van der Waals surface area contributed by atoms with Crippen molar-refractivity contribution in [3.8, 4) is 0 Å². The lowest BCUT2D eigenvalue weighted by atomic mass is 9.60. The van der Waals surface area contributed by atoms with Gasteiger partial charge in [0.2, 0.25) is 0 Å². The highest BCUT2D eigenvalue weighted by Gasteiger charge is 2.39. The maximum atomic E-state index is 14.6. The predicted molar refractivity (Wildman–Crippen MR) is 136 cm³/mol. The number of unbranched alkanes of at least 4 members (excludes halogenated alkanes) is 3. The maximum Gasteiger partial charge on any atom is 0.126 e. The first-order valence-electron chi connectivity index (χ1n) is 14.5. The van der Waals surface area contributed by atoms with Gasteiger partial charge in [-0.05, 0) is 117 Å². The Morgan fingerprint density at radius 2 is 1.38 bits per heavy atom. The summed E-state index contributed by atoms with van der Waals surface area (Å²) in [7, 11) is 0. The van der Waals surface area contributed by atoms with Crippen LogP contribution in [0.5, 0.6) is 0 Å². The van der Waals surface area contributed by atoms with E-state index in [1.165, 1.54) is 95.5 Å². The Kier molecular flexibility index (Phi) is 9.13. The van der Waals surface area contributed by atoms with Gasteiger partial charge in [0.05, 0.1) is 0 Å². The van der Waals surface area contributed by atoms with E-state index in [1.54, 1.807) is 0 Å². The average Bonchev–Trinajstić information content (AvgIpc) is 2.83. The van der Waals surface area contributed by atoms with E-state index in [1.807, 2.05) is 6.07 Å². The Morgan fingerprint density at radius 3 is 2.09 bits per heavy atom. The molecule has 0 radical (unpaired) electrons. The molecule has 32 heavy (non-hydrogen) atoms. The van der Waals surface area contributed by atoms with Crippen LogP contribution in [-0.4, -0.2) is 0 Å². The molecule has 0 saturated heterocycles. The van der Waals surface area contributed by atoms with Crippen molar-refractivity contribution in [2.24, 2.45) is 29.6 Å². The third-order valence-electron chi connectivity index (χ3n) is 9.78. The molecule has 0 nitrogen and oxygen atoms in total. The Bertz CT molecular complexity index is 686. The Labute approximate surface area is 198 Å². The van der Waals surface area contributed by atoms with Crippen LogP contribution >= 0.6 is 0 Å². The summed E-state index contributed by atoms with van der Waals surface area (Å²) >= 11 is 0. The fourth-order valence-electron chi connectivity index (χ4n) is 7.68. The first-order valence-corrected chi connectivity index (χ1v) is 14.5. The molecule has 1 aromatic carbocycles. The molecule has 4 atom stereocenters. The van der Waals surface area contributed by atoms with Gasteiger partial charge in [-0.25, -0.2) is 4.39 Å². The van der Waals surface area contributed by atoms with E-state index < -0.39 is 0 Å². The van der Waals surface area contributed by atoms with Gasteiger partial charge in [-0.3, -0.25) is 0 Å². The lowest BCUT2D eigenvalue weighted by Gasteiger charge is -2.45. The van der Waals surface area contributed by atoms with Gasteiger partial charge < -0.3 is 0 Å². The summed E-state index contributed by atoms with van der Waals surface area (Å²) in [5.41, 5.74) is 2.20. The molecule has 3 fully saturated rings. The van der Waals surface area contributed by atoms with Crippen molar-refractivity contribution in [3.05, 3.63) is 35.1 Å². The van der Waals surface area contributed by atoms with Gasteiger partial charge in [0.1, 0.15) is 5.82 Å². The summed E-state index contributed by atoms with van der Waals surface area (Å²) in [6.07, 6.45) is 23.3. The van der Waals surface area contributed by atoms with Crippen LogP contribution in [-0.2, 0) is 6.42 Å². The lowest BCUT2D eigenvalue weighted by molar-refractivity contribution is 0.0710. The van der Waals surface area contributed by atoms with Crippen molar-refractivity contribution in [1.82, 2.24) is 0 Å². The molecule has 3 aliphatic carbocycles. The molecule has 0 heterocycles. The van der Waals surface area contributed by atoms with Gasteiger partial charge in [0, 0.05) is 0 Å². The third-order valence-corrected chi connectivity index (χ3v) is 9.78. The maximum absolute atomic E-state index is 14.6. The first kappa shape index (κ1) is 24.3. The van der Waals surface area contributed by atoms with Gasteiger partial charge in [-0.2, -0.15) is 0 Å². The van der Waals surface area contributed by atoms with Gasteiger partial charge in [-0.1, -0.05) is 70.9 Å². The fraction of sp³-hybridized carbons (Fsp3) is 0.806. The van der Waals surface area contributed by atoms with Crippen molar-refractivity contribution in [3.63, 3.8) is 0 Å². The van der Waals surface area contributed by atoms with Crippen LogP contribution in [0.4, 0.5) is 4.39 Å². The number of hydrogen-bond donors (Lipinski definition) is 0. The molecule has 0 aliphatic heterocycles. The summed E-state index contributed by atoms with van der Waals surface area (Å²) in [6, 6.07) is 6.23. The zero-order valence-electron chi connectivity index (χ0n) is 21.1. The zero-order valence-corrected chi connectivity index (χ0v) is 21.1. The molecule has 0 bridgehead atoms. The highest BCUT2D eigenvalue weighted by molar-refractivity contribution is 5.28. The average molecular weight is 441 g/mol. The van der Waals surface area contributed by atoms with E-state index in [4.69, 9.17) is 0 Å². The summed E-state index contributed by atoms with van der Waals surface area (Å²) < 4.78 is 14.6. The standard InChI is InChI=1S/C31H49F/c1-3-5-7-8-23-10-12-24(13-11-23)26-16-17-28-21-29(19-18-27(28)20-26)30-15-14-25(9-6-4-2)31(32)22-30/h14-15,22-24,26-29H,3-13,16-21H2,1-2H3. The van der Waals surface area contributed by atoms with Crippen molar-refractivity contribution < 1.29 is 4.39 Å². The second-order valence-electron chi connectivity index (χ2n) is 11.8. The van der Waals surface area contributed by atoms with Crippen LogP contribution in [0, 0.1) is 35.4 Å². The molecule has 1 aromatic rings. The Balaban J connectivity index is 1.24. The lowest BCUT2D eigenvalue weighted by Crippen LogP contribution is -2.34. The molecule has 4 unspecified atom stereocenters. The van der Waals surface area contributed by atoms with Crippen molar-refractivity contribution in [2.45, 2.75) is 129 Å². The van der Waals surface area contributed by atoms with Crippen molar-refractivity contribution in [1.29, 1.82) is 0 Å². The summed E-state index contributed by atoms with van der Waals surface area (Å²) in [6.45, 7) is 4.50. The third kappa shape index (κ3) is 6.18. The van der Waals surface area contributed by atoms with Gasteiger partial charge in [0.25, 0.3) is 0 Å². The van der Waals surface area contributed by atoms with Gasteiger partial charge in [0.15, 0.2) is 0 Å². The molecular weight excluding hydrogens is 391 g/mol. The Hall–Kier alpha value is -0.850. The minimum absolute atomic E-state index is 0.0482. The summed E-state index contributed by atoms with van der Waals surface area (Å²) in [5, 5.41) is 0. The molecule has 0 N–H and O–H groups in total. The number of aryl methyl sites for hydroxylation is 1. The van der Waals surface area contributed by atoms with Crippen LogP contribution in [0.25, 0.3) is 0 Å². The van der Waals surface area contributed by atoms with E-state index in [2.05, 4.69) is 26.0 Å². The Morgan fingerprint density at radius 1 is 0.719 bits per heavy atom. The summed E-state index contributed by atoms with van der Waals surface area (Å²) in [5.74, 6) is 5.59. The minimum atomic E-state index is 0.0482. The number of halogens is 1. The van der Waals surface area contributed by atoms with Crippen molar-refractivity contribution >= 4 is 0 Å². The normalized spacial score (nSPS) is 33.1. The second-order valence-corrected chi connectivity index (χ2v) is 11.8. The van der Waals surface area contributed by atoms with Gasteiger partial charge in [-0.15, -0.1) is 0 Å². The largest absolute Gasteiger partial charge is 0.207 e. The van der Waals surface area contributed by atoms with Crippen molar-refractivity contribution in [2.75, 3.05) is 0 Å². The highest BCUT2D eigenvalue weighted by Crippen LogP contribution is 2.51. The molecule has 1 heteroatoms. The minimum Gasteiger partial charge on any atom is -0.207 e. The summed E-state index contributed by atoms with van der Waals surface area (Å²) in [4.78, 5) is 0. The predicted octanol–water partition coefficient (Wildman–Crippen LogP) is 9.85. The van der Waals surface area contributed by atoms with Crippen LogP contribution < -0.4 is 0 Å². The topological polar surface area (TPSA) is 0 Å². The molecule has 3 saturated carbocycles. The van der Waals surface area contributed by atoms with Gasteiger partial charge >= 0.3 is 0 Å². The van der Waals surface area contributed by atoms with E-state index in [-0.39, 0.29) is 5.82 Å². The number of fused-ring (bicyclic) bond motifs is 1. The number of hydrogen-bond acceptors (Lipinski definition) is 0. The molecule has 0 spiro atoms. The van der Waals surface area contributed by atoms with Crippen LogP contribution in [0.15, 0.2) is 18.2 Å². The molecular formula is C31H49F. The van der Waals surface area contributed by atoms with Crippen LogP contribution in [0.2, 0.25) is 0 Å². The molecule has 180 valence electrons. The zero-order chi connectivity index (χ0) is 22.3. The fourth-order valence-corrected chi connectivity index (χ4v) is 7.68. The first-order chi connectivity index (χ1) is 15.7. The second kappa shape index (κ2) is 12.0. The van der Waals surface area contributed by atoms with E-state index in [0.29, 0.717) is 5.92 Å². The highest BCUT2D eigenvalue weighted by atomic mass is 19.1. The van der Waals surface area contributed by atoms with Crippen LogP contribution in [0.1, 0.15) is 134 Å². The number of benzene rings is 1. The van der Waals surface area contributed by atoms with E-state index in [0.717, 1.165) is 54.4 Å². The molecule has 0 aromatic heterocycles. The van der Waals surface area contributed by atoms with Crippen LogP contribution in [0.3, 0.4) is 0 Å².